The Bertz CT molecular complexity index is 978. The SMILES string of the molecule is CCN(CC)CCN(CC(=O)N1CCN(c2ccc(-c3ccc(C)cc3)nn2)CC1)C(=O)C1CC1. The molecule has 1 aliphatic heterocycles. The van der Waals surface area contributed by atoms with Gasteiger partial charge in [0.2, 0.25) is 11.8 Å². The predicted octanol–water partition coefficient (Wildman–Crippen LogP) is 2.68. The van der Waals surface area contributed by atoms with E-state index in [-0.39, 0.29) is 24.3 Å². The second-order valence-electron chi connectivity index (χ2n) is 9.57. The molecule has 4 rings (SSSR count). The maximum Gasteiger partial charge on any atom is 0.242 e. The average molecular weight is 479 g/mol. The van der Waals surface area contributed by atoms with Crippen LogP contribution in [0.2, 0.25) is 0 Å². The lowest BCUT2D eigenvalue weighted by Gasteiger charge is -2.36. The smallest absolute Gasteiger partial charge is 0.242 e. The molecule has 0 bridgehead atoms. The molecule has 1 aromatic heterocycles. The second-order valence-corrected chi connectivity index (χ2v) is 9.57. The van der Waals surface area contributed by atoms with Gasteiger partial charge in [0, 0.05) is 50.7 Å². The Morgan fingerprint density at radius 3 is 2.17 bits per heavy atom. The fourth-order valence-electron chi connectivity index (χ4n) is 4.48. The van der Waals surface area contributed by atoms with Gasteiger partial charge in [0.15, 0.2) is 5.82 Å². The number of nitrogens with zero attached hydrogens (tertiary/aromatic N) is 6. The maximum absolute atomic E-state index is 13.1. The van der Waals surface area contributed by atoms with Crippen molar-refractivity contribution in [3.8, 4) is 11.3 Å². The van der Waals surface area contributed by atoms with Crippen LogP contribution >= 0.6 is 0 Å². The Morgan fingerprint density at radius 1 is 0.914 bits per heavy atom. The molecule has 35 heavy (non-hydrogen) atoms. The topological polar surface area (TPSA) is 72.9 Å². The van der Waals surface area contributed by atoms with Crippen LogP contribution in [0.4, 0.5) is 5.82 Å². The summed E-state index contributed by atoms with van der Waals surface area (Å²) in [5, 5.41) is 8.86. The molecule has 0 unspecified atom stereocenters. The van der Waals surface area contributed by atoms with Crippen LogP contribution in [0.1, 0.15) is 32.3 Å². The Kier molecular flexibility index (Phi) is 8.33. The van der Waals surface area contributed by atoms with Gasteiger partial charge in [-0.15, -0.1) is 10.2 Å². The molecule has 2 aliphatic rings. The molecule has 0 spiro atoms. The largest absolute Gasteiger partial charge is 0.352 e. The van der Waals surface area contributed by atoms with Crippen LogP contribution in [0.5, 0.6) is 0 Å². The lowest BCUT2D eigenvalue weighted by Crippen LogP contribution is -2.52. The Hall–Kier alpha value is -3.00. The van der Waals surface area contributed by atoms with Gasteiger partial charge in [-0.2, -0.15) is 0 Å². The highest BCUT2D eigenvalue weighted by atomic mass is 16.2. The molecule has 1 saturated heterocycles. The number of piperazine rings is 1. The molecule has 2 fully saturated rings. The van der Waals surface area contributed by atoms with E-state index in [4.69, 9.17) is 0 Å². The zero-order chi connectivity index (χ0) is 24.8. The van der Waals surface area contributed by atoms with Crippen molar-refractivity contribution in [1.29, 1.82) is 0 Å². The molecule has 2 amide bonds. The number of anilines is 1. The van der Waals surface area contributed by atoms with E-state index in [1.807, 2.05) is 17.0 Å². The summed E-state index contributed by atoms with van der Waals surface area (Å²) in [6, 6.07) is 12.3. The van der Waals surface area contributed by atoms with Crippen molar-refractivity contribution in [3.05, 3.63) is 42.0 Å². The normalized spacial score (nSPS) is 16.0. The van der Waals surface area contributed by atoms with E-state index in [2.05, 4.69) is 65.0 Å². The third kappa shape index (κ3) is 6.57. The minimum Gasteiger partial charge on any atom is -0.352 e. The molecule has 2 heterocycles. The molecule has 2 aromatic rings. The number of rotatable bonds is 10. The van der Waals surface area contributed by atoms with Crippen molar-refractivity contribution in [2.24, 2.45) is 5.92 Å². The first-order chi connectivity index (χ1) is 17.0. The van der Waals surface area contributed by atoms with Crippen LogP contribution in [-0.4, -0.2) is 95.6 Å². The van der Waals surface area contributed by atoms with Crippen molar-refractivity contribution in [3.63, 3.8) is 0 Å². The fraction of sp³-hybridized carbons (Fsp3) is 0.556. The molecular weight excluding hydrogens is 440 g/mol. The lowest BCUT2D eigenvalue weighted by atomic mass is 10.1. The number of carbonyl (C=O) groups is 2. The van der Waals surface area contributed by atoms with Gasteiger partial charge in [-0.1, -0.05) is 43.7 Å². The molecule has 0 radical (unpaired) electrons. The number of hydrogen-bond acceptors (Lipinski definition) is 6. The minimum atomic E-state index is 0.0407. The van der Waals surface area contributed by atoms with Crippen molar-refractivity contribution in [2.75, 3.05) is 63.8 Å². The Labute approximate surface area is 208 Å². The van der Waals surface area contributed by atoms with E-state index in [0.29, 0.717) is 32.7 Å². The van der Waals surface area contributed by atoms with Crippen LogP contribution in [0.25, 0.3) is 11.3 Å². The van der Waals surface area contributed by atoms with Crippen molar-refractivity contribution >= 4 is 17.6 Å². The molecule has 1 aliphatic carbocycles. The van der Waals surface area contributed by atoms with Crippen LogP contribution in [-0.2, 0) is 9.59 Å². The molecule has 8 nitrogen and oxygen atoms in total. The number of benzene rings is 1. The van der Waals surface area contributed by atoms with Crippen LogP contribution in [0, 0.1) is 12.8 Å². The highest BCUT2D eigenvalue weighted by molar-refractivity contribution is 5.87. The van der Waals surface area contributed by atoms with Crippen molar-refractivity contribution in [2.45, 2.75) is 33.6 Å². The monoisotopic (exact) mass is 478 g/mol. The van der Waals surface area contributed by atoms with Crippen LogP contribution in [0.3, 0.4) is 0 Å². The Morgan fingerprint density at radius 2 is 1.60 bits per heavy atom. The fourth-order valence-corrected chi connectivity index (χ4v) is 4.48. The van der Waals surface area contributed by atoms with E-state index in [0.717, 1.165) is 49.6 Å². The van der Waals surface area contributed by atoms with Gasteiger partial charge >= 0.3 is 0 Å². The summed E-state index contributed by atoms with van der Waals surface area (Å²) in [5.74, 6) is 1.14. The number of carbonyl (C=O) groups excluding carboxylic acids is 2. The summed E-state index contributed by atoms with van der Waals surface area (Å²) >= 11 is 0. The summed E-state index contributed by atoms with van der Waals surface area (Å²) < 4.78 is 0. The lowest BCUT2D eigenvalue weighted by molar-refractivity contribution is -0.141. The van der Waals surface area contributed by atoms with E-state index in [1.54, 1.807) is 4.90 Å². The molecule has 0 N–H and O–H groups in total. The Balaban J connectivity index is 1.30. The van der Waals surface area contributed by atoms with Crippen LogP contribution < -0.4 is 4.90 Å². The summed E-state index contributed by atoms with van der Waals surface area (Å²) in [7, 11) is 0. The second kappa shape index (κ2) is 11.6. The number of likely N-dealkylation sites (N-methyl/N-ethyl adjacent to an activating group) is 1. The highest BCUT2D eigenvalue weighted by Crippen LogP contribution is 2.31. The molecule has 0 atom stereocenters. The number of amides is 2. The van der Waals surface area contributed by atoms with Gasteiger partial charge in [-0.25, -0.2) is 0 Å². The standard InChI is InChI=1S/C27H38N6O2/c1-4-30(5-2)14-15-33(27(35)23-10-11-23)20-26(34)32-18-16-31(17-19-32)25-13-12-24(28-29-25)22-8-6-21(3)7-9-22/h6-9,12-13,23H,4-5,10-11,14-20H2,1-3H3. The van der Waals surface area contributed by atoms with Crippen LogP contribution in [0.15, 0.2) is 36.4 Å². The van der Waals surface area contributed by atoms with E-state index >= 15 is 0 Å². The number of hydrogen-bond donors (Lipinski definition) is 0. The first kappa shape index (κ1) is 25.1. The first-order valence-electron chi connectivity index (χ1n) is 12.9. The average Bonchev–Trinajstić information content (AvgIpc) is 3.74. The van der Waals surface area contributed by atoms with E-state index < -0.39 is 0 Å². The van der Waals surface area contributed by atoms with Gasteiger partial charge in [-0.3, -0.25) is 9.59 Å². The molecule has 188 valence electrons. The molecule has 1 aromatic carbocycles. The van der Waals surface area contributed by atoms with Gasteiger partial charge < -0.3 is 19.6 Å². The highest BCUT2D eigenvalue weighted by Gasteiger charge is 2.35. The molecule has 1 saturated carbocycles. The first-order valence-corrected chi connectivity index (χ1v) is 12.9. The maximum atomic E-state index is 13.1. The van der Waals surface area contributed by atoms with Crippen molar-refractivity contribution in [1.82, 2.24) is 24.9 Å². The number of aromatic nitrogens is 2. The third-order valence-corrected chi connectivity index (χ3v) is 7.10. The third-order valence-electron chi connectivity index (χ3n) is 7.10. The van der Waals surface area contributed by atoms with Gasteiger partial charge in [0.25, 0.3) is 0 Å². The summed E-state index contributed by atoms with van der Waals surface area (Å²) in [6.45, 7) is 12.5. The van der Waals surface area contributed by atoms with Gasteiger partial charge in [0.1, 0.15) is 0 Å². The number of aryl methyl sites for hydroxylation is 1. The molecular formula is C27H38N6O2. The van der Waals surface area contributed by atoms with E-state index in [9.17, 15) is 9.59 Å². The quantitative estimate of drug-likeness (QED) is 0.523. The van der Waals surface area contributed by atoms with Gasteiger partial charge in [0.05, 0.1) is 12.2 Å². The summed E-state index contributed by atoms with van der Waals surface area (Å²) in [6.07, 6.45) is 1.91. The van der Waals surface area contributed by atoms with Crippen molar-refractivity contribution < 1.29 is 9.59 Å². The molecule has 8 heteroatoms. The minimum absolute atomic E-state index is 0.0407. The zero-order valence-corrected chi connectivity index (χ0v) is 21.3. The van der Waals surface area contributed by atoms with Gasteiger partial charge in [-0.05, 0) is 45.0 Å². The summed E-state index contributed by atoms with van der Waals surface area (Å²) in [5.41, 5.74) is 3.12. The zero-order valence-electron chi connectivity index (χ0n) is 21.3. The summed E-state index contributed by atoms with van der Waals surface area (Å²) in [4.78, 5) is 34.0. The van der Waals surface area contributed by atoms with E-state index in [1.165, 1.54) is 5.56 Å². The predicted molar refractivity (Wildman–Crippen MR) is 138 cm³/mol.